The number of hydrogen-bond donors (Lipinski definition) is 0. The largest absolute Gasteiger partial charge is 0.497 e. The molecule has 0 amide bonds. The molecule has 0 aliphatic carbocycles. The average molecular weight is 466 g/mol. The molecular weight excluding hydrogens is 442 g/mol. The molecule has 0 fully saturated rings. The molecule has 4 rings (SSSR count). The van der Waals surface area contributed by atoms with Crippen LogP contribution in [-0.2, 0) is 9.53 Å². The molecule has 33 heavy (non-hydrogen) atoms. The van der Waals surface area contributed by atoms with E-state index in [4.69, 9.17) is 14.2 Å². The van der Waals surface area contributed by atoms with Gasteiger partial charge in [-0.3, -0.25) is 14.3 Å². The normalized spacial score (nSPS) is 15.6. The van der Waals surface area contributed by atoms with E-state index < -0.39 is 12.0 Å². The molecule has 3 aromatic rings. The Morgan fingerprint density at radius 3 is 2.73 bits per heavy atom. The smallest absolute Gasteiger partial charge is 0.338 e. The second-order valence-corrected chi connectivity index (χ2v) is 8.21. The summed E-state index contributed by atoms with van der Waals surface area (Å²) < 4.78 is 18.3. The highest BCUT2D eigenvalue weighted by Gasteiger charge is 2.35. The highest BCUT2D eigenvalue weighted by molar-refractivity contribution is 7.07. The van der Waals surface area contributed by atoms with Gasteiger partial charge in [0.05, 0.1) is 36.6 Å². The number of benzene rings is 1. The first-order chi connectivity index (χ1) is 16.0. The number of allylic oxidation sites excluding steroid dienone is 1. The highest BCUT2D eigenvalue weighted by atomic mass is 32.1. The van der Waals surface area contributed by atoms with Crippen LogP contribution in [0.4, 0.5) is 0 Å². The summed E-state index contributed by atoms with van der Waals surface area (Å²) in [5.74, 6) is 0.554. The number of methoxy groups -OCH3 is 2. The number of ether oxygens (including phenoxy) is 3. The number of carbonyl (C=O) groups is 1. The standard InChI is InChI=1S/C24H23N3O5S/c1-5-32-23(29)20-14(2)26-24-27(21(20)17-9-8-16(30-3)12-18(17)31-4)22(28)19(33-24)11-15-7-6-10-25-13-15/h6-13,21H,5H2,1-4H3/b19-11+. The van der Waals surface area contributed by atoms with Crippen LogP contribution in [0.25, 0.3) is 6.08 Å². The number of pyridine rings is 1. The summed E-state index contributed by atoms with van der Waals surface area (Å²) in [5.41, 5.74) is 1.94. The molecule has 1 unspecified atom stereocenters. The van der Waals surface area contributed by atoms with Crippen molar-refractivity contribution in [3.63, 3.8) is 0 Å². The minimum absolute atomic E-state index is 0.202. The van der Waals surface area contributed by atoms with E-state index in [0.29, 0.717) is 37.7 Å². The molecule has 1 aliphatic heterocycles. The van der Waals surface area contributed by atoms with Gasteiger partial charge in [0.25, 0.3) is 5.56 Å². The summed E-state index contributed by atoms with van der Waals surface area (Å²) in [6, 6.07) is 8.18. The molecule has 0 radical (unpaired) electrons. The maximum absolute atomic E-state index is 13.6. The van der Waals surface area contributed by atoms with Crippen LogP contribution in [0.2, 0.25) is 0 Å². The van der Waals surface area contributed by atoms with Gasteiger partial charge in [-0.15, -0.1) is 0 Å². The van der Waals surface area contributed by atoms with Crippen LogP contribution in [0.15, 0.2) is 63.8 Å². The summed E-state index contributed by atoms with van der Waals surface area (Å²) in [7, 11) is 3.09. The first kappa shape index (κ1) is 22.5. The molecule has 8 nitrogen and oxygen atoms in total. The second kappa shape index (κ2) is 9.41. The van der Waals surface area contributed by atoms with Crippen molar-refractivity contribution in [2.45, 2.75) is 19.9 Å². The number of nitrogens with zero attached hydrogens (tertiary/aromatic N) is 3. The van der Waals surface area contributed by atoms with Gasteiger partial charge in [0.15, 0.2) is 4.80 Å². The molecule has 1 aromatic carbocycles. The quantitative estimate of drug-likeness (QED) is 0.519. The lowest BCUT2D eigenvalue weighted by atomic mass is 9.95. The van der Waals surface area contributed by atoms with E-state index in [-0.39, 0.29) is 12.2 Å². The van der Waals surface area contributed by atoms with Gasteiger partial charge < -0.3 is 14.2 Å². The Kier molecular flexibility index (Phi) is 6.41. The Balaban J connectivity index is 2.00. The van der Waals surface area contributed by atoms with E-state index in [1.165, 1.54) is 23.0 Å². The van der Waals surface area contributed by atoms with Gasteiger partial charge >= 0.3 is 5.97 Å². The lowest BCUT2D eigenvalue weighted by Crippen LogP contribution is -2.40. The molecule has 0 N–H and O–H groups in total. The van der Waals surface area contributed by atoms with Crippen LogP contribution in [-0.4, -0.2) is 36.3 Å². The lowest BCUT2D eigenvalue weighted by Gasteiger charge is -2.26. The molecule has 1 aliphatic rings. The van der Waals surface area contributed by atoms with E-state index in [2.05, 4.69) is 9.98 Å². The molecule has 2 aromatic heterocycles. The molecule has 9 heteroatoms. The van der Waals surface area contributed by atoms with Gasteiger partial charge in [0.1, 0.15) is 17.5 Å². The van der Waals surface area contributed by atoms with Crippen molar-refractivity contribution in [3.05, 3.63) is 84.8 Å². The first-order valence-electron chi connectivity index (χ1n) is 10.3. The molecule has 170 valence electrons. The second-order valence-electron chi connectivity index (χ2n) is 7.20. The van der Waals surface area contributed by atoms with Gasteiger partial charge in [0.2, 0.25) is 0 Å². The number of aromatic nitrogens is 2. The molecule has 1 atom stereocenters. The third-order valence-electron chi connectivity index (χ3n) is 5.23. The van der Waals surface area contributed by atoms with E-state index in [1.54, 1.807) is 63.7 Å². The Morgan fingerprint density at radius 1 is 1.24 bits per heavy atom. The van der Waals surface area contributed by atoms with Gasteiger partial charge in [-0.05, 0) is 43.7 Å². The van der Waals surface area contributed by atoms with Crippen LogP contribution >= 0.6 is 11.3 Å². The maximum Gasteiger partial charge on any atom is 0.338 e. The zero-order valence-corrected chi connectivity index (χ0v) is 19.5. The fraction of sp³-hybridized carbons (Fsp3) is 0.250. The summed E-state index contributed by atoms with van der Waals surface area (Å²) in [6.07, 6.45) is 5.11. The van der Waals surface area contributed by atoms with Crippen molar-refractivity contribution in [1.82, 2.24) is 9.55 Å². The molecular formula is C24H23N3O5S. The van der Waals surface area contributed by atoms with Gasteiger partial charge in [0, 0.05) is 24.0 Å². The number of hydrogen-bond acceptors (Lipinski definition) is 8. The van der Waals surface area contributed by atoms with Crippen molar-refractivity contribution in [3.8, 4) is 11.5 Å². The molecule has 0 bridgehead atoms. The number of thiazole rings is 1. The summed E-state index contributed by atoms with van der Waals surface area (Å²) >= 11 is 1.26. The highest BCUT2D eigenvalue weighted by Crippen LogP contribution is 2.37. The number of carbonyl (C=O) groups excluding carboxylic acids is 1. The predicted octanol–water partition coefficient (Wildman–Crippen LogP) is 2.21. The average Bonchev–Trinajstić information content (AvgIpc) is 3.12. The zero-order chi connectivity index (χ0) is 23.5. The van der Waals surface area contributed by atoms with Crippen molar-refractivity contribution >= 4 is 23.4 Å². The third-order valence-corrected chi connectivity index (χ3v) is 6.22. The SMILES string of the molecule is CCOC(=O)C1=C(C)N=c2s/c(=C/c3cccnc3)c(=O)n2C1c1ccc(OC)cc1OC. The number of rotatable bonds is 6. The minimum Gasteiger partial charge on any atom is -0.497 e. The van der Waals surface area contributed by atoms with E-state index in [9.17, 15) is 9.59 Å². The van der Waals surface area contributed by atoms with Crippen LogP contribution in [0.1, 0.15) is 31.0 Å². The van der Waals surface area contributed by atoms with E-state index >= 15 is 0 Å². The first-order valence-corrected chi connectivity index (χ1v) is 11.1. The molecule has 0 spiro atoms. The monoisotopic (exact) mass is 465 g/mol. The maximum atomic E-state index is 13.6. The van der Waals surface area contributed by atoms with Crippen LogP contribution in [0.5, 0.6) is 11.5 Å². The van der Waals surface area contributed by atoms with Crippen molar-refractivity contribution in [2.75, 3.05) is 20.8 Å². The van der Waals surface area contributed by atoms with Gasteiger partial charge in [-0.2, -0.15) is 0 Å². The minimum atomic E-state index is -0.766. The van der Waals surface area contributed by atoms with Crippen LogP contribution in [0.3, 0.4) is 0 Å². The Labute approximate surface area is 194 Å². The number of esters is 1. The van der Waals surface area contributed by atoms with E-state index in [0.717, 1.165) is 5.56 Å². The third kappa shape index (κ3) is 4.19. The Bertz CT molecular complexity index is 1410. The molecule has 3 heterocycles. The Morgan fingerprint density at radius 2 is 2.06 bits per heavy atom. The molecule has 0 saturated heterocycles. The van der Waals surface area contributed by atoms with Crippen LogP contribution < -0.4 is 24.4 Å². The summed E-state index contributed by atoms with van der Waals surface area (Å²) in [6.45, 7) is 3.68. The van der Waals surface area contributed by atoms with Crippen LogP contribution in [0, 0.1) is 0 Å². The van der Waals surface area contributed by atoms with E-state index in [1.807, 2.05) is 6.07 Å². The van der Waals surface area contributed by atoms with Crippen molar-refractivity contribution in [2.24, 2.45) is 4.99 Å². The summed E-state index contributed by atoms with van der Waals surface area (Å²) in [5, 5.41) is 0. The summed E-state index contributed by atoms with van der Waals surface area (Å²) in [4.78, 5) is 35.8. The zero-order valence-electron chi connectivity index (χ0n) is 18.7. The lowest BCUT2D eigenvalue weighted by molar-refractivity contribution is -0.139. The van der Waals surface area contributed by atoms with Crippen molar-refractivity contribution in [1.29, 1.82) is 0 Å². The Hall–Kier alpha value is -3.72. The van der Waals surface area contributed by atoms with Crippen molar-refractivity contribution < 1.29 is 19.0 Å². The van der Waals surface area contributed by atoms with Gasteiger partial charge in [-0.25, -0.2) is 9.79 Å². The fourth-order valence-corrected chi connectivity index (χ4v) is 4.79. The topological polar surface area (TPSA) is 92.0 Å². The van der Waals surface area contributed by atoms with Gasteiger partial charge in [-0.1, -0.05) is 17.4 Å². The fourth-order valence-electron chi connectivity index (χ4n) is 3.74. The molecule has 0 saturated carbocycles. The number of fused-ring (bicyclic) bond motifs is 1. The predicted molar refractivity (Wildman–Crippen MR) is 124 cm³/mol.